The van der Waals surface area contributed by atoms with Gasteiger partial charge in [-0.3, -0.25) is 19.2 Å². The molecule has 1 aliphatic carbocycles. The molecule has 0 spiro atoms. The molecule has 4 rings (SSSR count). The number of rotatable bonds is 7. The van der Waals surface area contributed by atoms with E-state index in [0.29, 0.717) is 37.8 Å². The lowest BCUT2D eigenvalue weighted by Gasteiger charge is -2.26. The van der Waals surface area contributed by atoms with Gasteiger partial charge in [-0.2, -0.15) is 10.1 Å². The Morgan fingerprint density at radius 1 is 1.35 bits per heavy atom. The van der Waals surface area contributed by atoms with Gasteiger partial charge in [0.25, 0.3) is 0 Å². The second kappa shape index (κ2) is 6.87. The number of nitrogens with one attached hydrogen (secondary N) is 1. The van der Waals surface area contributed by atoms with E-state index >= 15 is 0 Å². The van der Waals surface area contributed by atoms with Gasteiger partial charge in [-0.1, -0.05) is 5.16 Å². The molecule has 0 unspecified atom stereocenters. The molecule has 138 valence electrons. The van der Waals surface area contributed by atoms with Crippen molar-refractivity contribution in [2.75, 3.05) is 6.54 Å². The van der Waals surface area contributed by atoms with Crippen LogP contribution < -0.4 is 11.1 Å². The van der Waals surface area contributed by atoms with Crippen LogP contribution in [0, 0.1) is 0 Å². The summed E-state index contributed by atoms with van der Waals surface area (Å²) in [6.07, 6.45) is 3.31. The Balaban J connectivity index is 1.32. The van der Waals surface area contributed by atoms with E-state index in [4.69, 9.17) is 10.3 Å². The number of aryl methyl sites for hydroxylation is 1. The number of hydrogen-bond donors (Lipinski definition) is 2. The van der Waals surface area contributed by atoms with Gasteiger partial charge in [-0.25, -0.2) is 0 Å². The largest absolute Gasteiger partial charge is 0.361 e. The molecular formula is C16H21N7O3. The second-order valence-electron chi connectivity index (χ2n) is 6.78. The standard InChI is InChI=1S/C16H21N7O3/c17-15(25)16-19-13(21-26-16)9-22-5-6-23-12(8-22)7-11(20-23)3-4-14(24)18-10-1-2-10/h7,10H,1-6,8-9H2,(H2,17,25)(H,18,24). The minimum Gasteiger partial charge on any atom is -0.361 e. The zero-order chi connectivity index (χ0) is 18.1. The van der Waals surface area contributed by atoms with E-state index in [0.717, 1.165) is 37.3 Å². The predicted octanol–water partition coefficient (Wildman–Crippen LogP) is -0.408. The molecule has 10 heteroatoms. The third-order valence-electron chi connectivity index (χ3n) is 4.52. The average molecular weight is 359 g/mol. The van der Waals surface area contributed by atoms with Gasteiger partial charge < -0.3 is 15.6 Å². The number of nitrogens with zero attached hydrogens (tertiary/aromatic N) is 5. The van der Waals surface area contributed by atoms with Gasteiger partial charge in [0.05, 0.1) is 24.5 Å². The topological polar surface area (TPSA) is 132 Å². The molecule has 0 radical (unpaired) electrons. The van der Waals surface area contributed by atoms with Gasteiger partial charge in [0, 0.05) is 32.0 Å². The minimum atomic E-state index is -0.726. The first-order valence-electron chi connectivity index (χ1n) is 8.76. The summed E-state index contributed by atoms with van der Waals surface area (Å²) in [5.41, 5.74) is 7.14. The van der Waals surface area contributed by atoms with E-state index in [1.807, 2.05) is 10.7 Å². The van der Waals surface area contributed by atoms with Gasteiger partial charge in [0.2, 0.25) is 5.91 Å². The molecule has 0 aromatic carbocycles. The first kappa shape index (κ1) is 16.7. The number of carbonyl (C=O) groups is 2. The fourth-order valence-electron chi connectivity index (χ4n) is 3.02. The van der Waals surface area contributed by atoms with Crippen LogP contribution in [0.1, 0.15) is 47.2 Å². The van der Waals surface area contributed by atoms with Crippen molar-refractivity contribution >= 4 is 11.8 Å². The SMILES string of the molecule is NC(=O)c1nc(CN2CCn3nc(CCC(=O)NC4CC4)cc3C2)no1. The quantitative estimate of drug-likeness (QED) is 0.687. The normalized spacial score (nSPS) is 17.1. The Morgan fingerprint density at radius 3 is 2.92 bits per heavy atom. The molecule has 3 N–H and O–H groups in total. The highest BCUT2D eigenvalue weighted by atomic mass is 16.5. The smallest absolute Gasteiger partial charge is 0.315 e. The molecule has 1 aliphatic heterocycles. The first-order valence-corrected chi connectivity index (χ1v) is 8.76. The van der Waals surface area contributed by atoms with Crippen molar-refractivity contribution in [3.8, 4) is 0 Å². The fraction of sp³-hybridized carbons (Fsp3) is 0.562. The summed E-state index contributed by atoms with van der Waals surface area (Å²) >= 11 is 0. The van der Waals surface area contributed by atoms with Crippen LogP contribution in [0.3, 0.4) is 0 Å². The molecule has 3 heterocycles. The number of carbonyl (C=O) groups excluding carboxylic acids is 2. The van der Waals surface area contributed by atoms with Crippen LogP contribution in [0.15, 0.2) is 10.6 Å². The summed E-state index contributed by atoms with van der Waals surface area (Å²) in [6, 6.07) is 2.44. The first-order chi connectivity index (χ1) is 12.6. The van der Waals surface area contributed by atoms with E-state index in [1.165, 1.54) is 0 Å². The van der Waals surface area contributed by atoms with Crippen molar-refractivity contribution in [2.45, 2.75) is 51.4 Å². The molecule has 2 aromatic heterocycles. The molecule has 2 aromatic rings. The number of fused-ring (bicyclic) bond motifs is 1. The molecule has 0 atom stereocenters. The number of hydrogen-bond acceptors (Lipinski definition) is 7. The van der Waals surface area contributed by atoms with Crippen molar-refractivity contribution in [1.82, 2.24) is 30.1 Å². The minimum absolute atomic E-state index is 0.0995. The number of amides is 2. The molecule has 1 saturated carbocycles. The van der Waals surface area contributed by atoms with Crippen molar-refractivity contribution in [3.05, 3.63) is 29.2 Å². The maximum Gasteiger partial charge on any atom is 0.315 e. The Kier molecular flexibility index (Phi) is 4.41. The van der Waals surface area contributed by atoms with Crippen LogP contribution >= 0.6 is 0 Å². The van der Waals surface area contributed by atoms with Crippen LogP contribution in [0.5, 0.6) is 0 Å². The van der Waals surface area contributed by atoms with Crippen molar-refractivity contribution < 1.29 is 14.1 Å². The third-order valence-corrected chi connectivity index (χ3v) is 4.52. The zero-order valence-corrected chi connectivity index (χ0v) is 14.3. The molecule has 1 fully saturated rings. The van der Waals surface area contributed by atoms with Crippen LogP contribution in [-0.2, 0) is 30.8 Å². The molecule has 0 saturated heterocycles. The Labute approximate surface area is 149 Å². The molecular weight excluding hydrogens is 338 g/mol. The maximum absolute atomic E-state index is 11.8. The fourth-order valence-corrected chi connectivity index (χ4v) is 3.02. The van der Waals surface area contributed by atoms with Crippen LogP contribution in [0.25, 0.3) is 0 Å². The summed E-state index contributed by atoms with van der Waals surface area (Å²) in [7, 11) is 0. The summed E-state index contributed by atoms with van der Waals surface area (Å²) in [5.74, 6) is -0.365. The number of primary amides is 1. The summed E-state index contributed by atoms with van der Waals surface area (Å²) in [5, 5.41) is 11.4. The highest BCUT2D eigenvalue weighted by Crippen LogP contribution is 2.19. The van der Waals surface area contributed by atoms with E-state index < -0.39 is 5.91 Å². The van der Waals surface area contributed by atoms with E-state index in [9.17, 15) is 9.59 Å². The molecule has 10 nitrogen and oxygen atoms in total. The predicted molar refractivity (Wildman–Crippen MR) is 88.6 cm³/mol. The van der Waals surface area contributed by atoms with Crippen molar-refractivity contribution in [1.29, 1.82) is 0 Å². The maximum atomic E-state index is 11.8. The lowest BCUT2D eigenvalue weighted by Crippen LogP contribution is -2.33. The summed E-state index contributed by atoms with van der Waals surface area (Å²) in [6.45, 7) is 2.71. The summed E-state index contributed by atoms with van der Waals surface area (Å²) in [4.78, 5) is 29.0. The third kappa shape index (κ3) is 3.90. The Morgan fingerprint density at radius 2 is 2.19 bits per heavy atom. The van der Waals surface area contributed by atoms with E-state index in [-0.39, 0.29) is 11.8 Å². The van der Waals surface area contributed by atoms with Crippen LogP contribution in [-0.4, -0.2) is 49.2 Å². The van der Waals surface area contributed by atoms with Gasteiger partial charge in [0.15, 0.2) is 5.82 Å². The van der Waals surface area contributed by atoms with Crippen LogP contribution in [0.2, 0.25) is 0 Å². The van der Waals surface area contributed by atoms with Gasteiger partial charge >= 0.3 is 11.8 Å². The van der Waals surface area contributed by atoms with Crippen LogP contribution in [0.4, 0.5) is 0 Å². The summed E-state index contributed by atoms with van der Waals surface area (Å²) < 4.78 is 6.79. The van der Waals surface area contributed by atoms with E-state index in [2.05, 4.69) is 25.5 Å². The molecule has 2 amide bonds. The van der Waals surface area contributed by atoms with Gasteiger partial charge in [-0.05, 0) is 18.9 Å². The highest BCUT2D eigenvalue weighted by Gasteiger charge is 2.24. The van der Waals surface area contributed by atoms with Crippen molar-refractivity contribution in [3.63, 3.8) is 0 Å². The van der Waals surface area contributed by atoms with Gasteiger partial charge in [-0.15, -0.1) is 0 Å². The zero-order valence-electron chi connectivity index (χ0n) is 14.3. The van der Waals surface area contributed by atoms with E-state index in [1.54, 1.807) is 0 Å². The lowest BCUT2D eigenvalue weighted by molar-refractivity contribution is -0.121. The Hall–Kier alpha value is -2.75. The molecule has 2 aliphatic rings. The van der Waals surface area contributed by atoms with Crippen molar-refractivity contribution in [2.24, 2.45) is 5.73 Å². The highest BCUT2D eigenvalue weighted by molar-refractivity contribution is 5.87. The number of nitrogens with two attached hydrogens (primary N) is 1. The number of aromatic nitrogens is 4. The Bertz CT molecular complexity index is 824. The lowest BCUT2D eigenvalue weighted by atomic mass is 10.2. The average Bonchev–Trinajstić information content (AvgIpc) is 3.14. The second-order valence-corrected chi connectivity index (χ2v) is 6.78. The van der Waals surface area contributed by atoms with Gasteiger partial charge in [0.1, 0.15) is 0 Å². The molecule has 0 bridgehead atoms. The monoisotopic (exact) mass is 359 g/mol. The molecule has 26 heavy (non-hydrogen) atoms.